The number of aliphatic imine (C=N–C) groups is 1. The summed E-state index contributed by atoms with van der Waals surface area (Å²) < 4.78 is 11.8. The lowest BCUT2D eigenvalue weighted by atomic mass is 10.2. The van der Waals surface area contributed by atoms with Crippen molar-refractivity contribution >= 4 is 33.9 Å². The molecule has 0 saturated heterocycles. The first-order valence-corrected chi connectivity index (χ1v) is 8.46. The maximum atomic E-state index is 12.0. The number of rotatable bonds is 5. The molecule has 4 nitrogen and oxygen atoms in total. The third kappa shape index (κ3) is 4.45. The number of ether oxygens (including phenoxy) is 2. The summed E-state index contributed by atoms with van der Waals surface area (Å²) in [5, 5.41) is 0. The van der Waals surface area contributed by atoms with Gasteiger partial charge in [-0.25, -0.2) is 9.79 Å². The Kier molecular flexibility index (Phi) is 5.14. The van der Waals surface area contributed by atoms with Crippen LogP contribution in [0, 0.1) is 0 Å². The number of hydrogen-bond donors (Lipinski definition) is 0. The summed E-state index contributed by atoms with van der Waals surface area (Å²) >= 11 is 3.37. The van der Waals surface area contributed by atoms with Gasteiger partial charge in [0.05, 0.1) is 0 Å². The fourth-order valence-corrected chi connectivity index (χ4v) is 2.41. The Morgan fingerprint density at radius 3 is 2.52 bits per heavy atom. The predicted molar refractivity (Wildman–Crippen MR) is 101 cm³/mol. The van der Waals surface area contributed by atoms with Crippen molar-refractivity contribution in [3.8, 4) is 5.75 Å². The zero-order chi connectivity index (χ0) is 17.8. The molecule has 5 heteroatoms. The Bertz CT molecular complexity index is 865. The maximum absolute atomic E-state index is 12.0. The van der Waals surface area contributed by atoms with E-state index in [9.17, 15) is 4.79 Å². The minimum absolute atomic E-state index is 0.272. The van der Waals surface area contributed by atoms with Crippen LogP contribution in [0.1, 0.15) is 18.1 Å². The van der Waals surface area contributed by atoms with Gasteiger partial charge in [0.1, 0.15) is 12.4 Å². The van der Waals surface area contributed by atoms with Gasteiger partial charge in [-0.15, -0.1) is 0 Å². The van der Waals surface area contributed by atoms with Gasteiger partial charge in [0.15, 0.2) is 5.70 Å². The van der Waals surface area contributed by atoms with E-state index in [1.165, 1.54) is 0 Å². The summed E-state index contributed by atoms with van der Waals surface area (Å²) in [6, 6.07) is 14.8. The van der Waals surface area contributed by atoms with Gasteiger partial charge in [-0.3, -0.25) is 0 Å². The van der Waals surface area contributed by atoms with Crippen LogP contribution in [0.15, 0.2) is 75.8 Å². The van der Waals surface area contributed by atoms with Crippen LogP contribution >= 0.6 is 15.9 Å². The molecule has 126 valence electrons. The molecule has 0 saturated carbocycles. The molecule has 1 aliphatic rings. The highest BCUT2D eigenvalue weighted by Crippen LogP contribution is 2.21. The summed E-state index contributed by atoms with van der Waals surface area (Å²) in [5.74, 6) is 0.601. The Hall–Kier alpha value is -2.66. The number of halogens is 1. The first-order valence-electron chi connectivity index (χ1n) is 7.67. The molecule has 0 aliphatic carbocycles. The van der Waals surface area contributed by atoms with E-state index >= 15 is 0 Å². The Morgan fingerprint density at radius 1 is 1.20 bits per heavy atom. The summed E-state index contributed by atoms with van der Waals surface area (Å²) in [6.07, 6.45) is 1.69. The molecule has 3 rings (SSSR count). The van der Waals surface area contributed by atoms with Crippen LogP contribution in [0.25, 0.3) is 6.08 Å². The average molecular weight is 398 g/mol. The number of esters is 1. The zero-order valence-corrected chi connectivity index (χ0v) is 15.2. The van der Waals surface area contributed by atoms with E-state index in [0.717, 1.165) is 26.9 Å². The summed E-state index contributed by atoms with van der Waals surface area (Å²) in [5.41, 5.74) is 2.82. The van der Waals surface area contributed by atoms with E-state index in [0.29, 0.717) is 12.5 Å². The van der Waals surface area contributed by atoms with E-state index in [2.05, 4.69) is 27.5 Å². The first-order chi connectivity index (χ1) is 12.0. The Morgan fingerprint density at radius 2 is 1.88 bits per heavy atom. The maximum Gasteiger partial charge on any atom is 0.363 e. The molecule has 0 N–H and O–H groups in total. The molecular weight excluding hydrogens is 382 g/mol. The molecule has 2 aromatic carbocycles. The molecule has 0 unspecified atom stereocenters. The lowest BCUT2D eigenvalue weighted by Crippen LogP contribution is -2.05. The predicted octanol–water partition coefficient (Wildman–Crippen LogP) is 4.75. The van der Waals surface area contributed by atoms with Gasteiger partial charge in [-0.1, -0.05) is 34.6 Å². The van der Waals surface area contributed by atoms with Gasteiger partial charge in [0.2, 0.25) is 5.90 Å². The summed E-state index contributed by atoms with van der Waals surface area (Å²) in [7, 11) is 0. The number of cyclic esters (lactones) is 1. The second kappa shape index (κ2) is 7.49. The molecule has 0 aromatic heterocycles. The van der Waals surface area contributed by atoms with Crippen molar-refractivity contribution < 1.29 is 14.3 Å². The summed E-state index contributed by atoms with van der Waals surface area (Å²) in [4.78, 5) is 16.3. The molecule has 0 amide bonds. The third-order valence-corrected chi connectivity index (χ3v) is 3.91. The number of carbonyl (C=O) groups excluding carboxylic acids is 1. The van der Waals surface area contributed by atoms with Crippen molar-refractivity contribution in [1.82, 2.24) is 0 Å². The van der Waals surface area contributed by atoms with Crippen LogP contribution in [0.3, 0.4) is 0 Å². The van der Waals surface area contributed by atoms with Crippen molar-refractivity contribution in [2.45, 2.75) is 6.92 Å². The largest absolute Gasteiger partial charge is 0.489 e. The van der Waals surface area contributed by atoms with Gasteiger partial charge in [-0.05, 0) is 60.5 Å². The van der Waals surface area contributed by atoms with Gasteiger partial charge >= 0.3 is 5.97 Å². The van der Waals surface area contributed by atoms with Crippen LogP contribution in [0.2, 0.25) is 0 Å². The molecule has 0 radical (unpaired) electrons. The third-order valence-electron chi connectivity index (χ3n) is 3.38. The molecule has 1 aliphatic heterocycles. The average Bonchev–Trinajstić information content (AvgIpc) is 2.95. The highest BCUT2D eigenvalue weighted by atomic mass is 79.9. The second-order valence-electron chi connectivity index (χ2n) is 5.66. The normalized spacial score (nSPS) is 15.0. The lowest BCUT2D eigenvalue weighted by molar-refractivity contribution is -0.129. The minimum Gasteiger partial charge on any atom is -0.489 e. The zero-order valence-electron chi connectivity index (χ0n) is 13.7. The van der Waals surface area contributed by atoms with Gasteiger partial charge < -0.3 is 9.47 Å². The van der Waals surface area contributed by atoms with E-state index < -0.39 is 5.97 Å². The van der Waals surface area contributed by atoms with Crippen molar-refractivity contribution in [3.05, 3.63) is 82.0 Å². The van der Waals surface area contributed by atoms with Gasteiger partial charge in [0.25, 0.3) is 0 Å². The fraction of sp³-hybridized carbons (Fsp3) is 0.100. The quantitative estimate of drug-likeness (QED) is 0.415. The molecule has 0 fully saturated rings. The molecule has 0 spiro atoms. The molecule has 0 atom stereocenters. The molecule has 0 bridgehead atoms. The van der Waals surface area contributed by atoms with Crippen LogP contribution in [0.5, 0.6) is 5.75 Å². The number of nitrogens with zero attached hydrogens (tertiary/aromatic N) is 1. The standard InChI is InChI=1S/C20H16BrNO3/c1-13(2)12-24-17-9-3-14(4-10-17)11-18-20(23)25-19(22-18)15-5-7-16(21)8-6-15/h3-11H,1,12H2,2H3. The van der Waals surface area contributed by atoms with E-state index in [1.54, 1.807) is 6.08 Å². The topological polar surface area (TPSA) is 47.9 Å². The van der Waals surface area contributed by atoms with Crippen LogP contribution in [-0.2, 0) is 9.53 Å². The second-order valence-corrected chi connectivity index (χ2v) is 6.57. The lowest BCUT2D eigenvalue weighted by Gasteiger charge is -2.05. The number of hydrogen-bond acceptors (Lipinski definition) is 4. The highest BCUT2D eigenvalue weighted by Gasteiger charge is 2.23. The van der Waals surface area contributed by atoms with Crippen molar-refractivity contribution in [2.75, 3.05) is 6.61 Å². The van der Waals surface area contributed by atoms with Gasteiger partial charge in [0, 0.05) is 10.0 Å². The molecule has 1 heterocycles. The highest BCUT2D eigenvalue weighted by molar-refractivity contribution is 9.10. The van der Waals surface area contributed by atoms with E-state index in [4.69, 9.17) is 9.47 Å². The van der Waals surface area contributed by atoms with Crippen LogP contribution < -0.4 is 4.74 Å². The molecule has 25 heavy (non-hydrogen) atoms. The van der Waals surface area contributed by atoms with E-state index in [1.807, 2.05) is 55.5 Å². The van der Waals surface area contributed by atoms with Crippen molar-refractivity contribution in [2.24, 2.45) is 4.99 Å². The fourth-order valence-electron chi connectivity index (χ4n) is 2.15. The minimum atomic E-state index is -0.458. The van der Waals surface area contributed by atoms with Gasteiger partial charge in [-0.2, -0.15) is 0 Å². The van der Waals surface area contributed by atoms with Crippen LogP contribution in [0.4, 0.5) is 0 Å². The smallest absolute Gasteiger partial charge is 0.363 e. The number of benzene rings is 2. The molecular formula is C20H16BrNO3. The Labute approximate surface area is 154 Å². The first kappa shape index (κ1) is 17.2. The monoisotopic (exact) mass is 397 g/mol. The van der Waals surface area contributed by atoms with Crippen LogP contribution in [-0.4, -0.2) is 18.5 Å². The van der Waals surface area contributed by atoms with Crippen molar-refractivity contribution in [3.63, 3.8) is 0 Å². The summed E-state index contributed by atoms with van der Waals surface area (Å²) in [6.45, 7) is 6.19. The molecule has 2 aromatic rings. The van der Waals surface area contributed by atoms with Crippen molar-refractivity contribution in [1.29, 1.82) is 0 Å². The van der Waals surface area contributed by atoms with E-state index in [-0.39, 0.29) is 5.70 Å². The Balaban J connectivity index is 1.77. The number of carbonyl (C=O) groups is 1. The SMILES string of the molecule is C=C(C)COc1ccc(C=C2N=C(c3ccc(Br)cc3)OC2=O)cc1.